The van der Waals surface area contributed by atoms with Gasteiger partial charge < -0.3 is 14.6 Å². The first kappa shape index (κ1) is 17.8. The van der Waals surface area contributed by atoms with Crippen LogP contribution in [0.15, 0.2) is 66.9 Å². The van der Waals surface area contributed by atoms with Crippen LogP contribution in [0.1, 0.15) is 5.82 Å². The molecule has 0 spiro atoms. The van der Waals surface area contributed by atoms with Gasteiger partial charge in [-0.2, -0.15) is 0 Å². The van der Waals surface area contributed by atoms with Crippen molar-refractivity contribution in [3.05, 3.63) is 72.7 Å². The van der Waals surface area contributed by atoms with E-state index in [1.807, 2.05) is 60.7 Å². The summed E-state index contributed by atoms with van der Waals surface area (Å²) in [7, 11) is 1.72. The number of imidazole rings is 1. The Labute approximate surface area is 161 Å². The number of hydrogen-bond donors (Lipinski definition) is 1. The summed E-state index contributed by atoms with van der Waals surface area (Å²) < 4.78 is 1.64. The molecule has 1 amide bonds. The summed E-state index contributed by atoms with van der Waals surface area (Å²) in [6.07, 6.45) is 1.62. The van der Waals surface area contributed by atoms with E-state index in [9.17, 15) is 9.90 Å². The maximum Gasteiger partial charge on any atom is 0.246 e. The van der Waals surface area contributed by atoms with Crippen LogP contribution in [0.4, 0.5) is 5.69 Å². The first-order valence-corrected chi connectivity index (χ1v) is 8.87. The first-order chi connectivity index (χ1) is 13.7. The van der Waals surface area contributed by atoms with Gasteiger partial charge in [0.2, 0.25) is 5.91 Å². The van der Waals surface area contributed by atoms with Crippen LogP contribution in [-0.2, 0) is 17.9 Å². The molecule has 2 aromatic heterocycles. The predicted octanol–water partition coefficient (Wildman–Crippen LogP) is 2.65. The number of anilines is 1. The summed E-state index contributed by atoms with van der Waals surface area (Å²) in [4.78, 5) is 27.7. The lowest BCUT2D eigenvalue weighted by Gasteiger charge is -2.18. The number of aliphatic hydroxyl groups excluding tert-OH is 1. The highest BCUT2D eigenvalue weighted by atomic mass is 16.3. The second-order valence-corrected chi connectivity index (χ2v) is 6.33. The zero-order chi connectivity index (χ0) is 19.5. The molecule has 1 N–H and O–H groups in total. The standard InChI is InChI=1S/C21H19N5O2/c1-25(16-10-6-3-7-11-16)19(28)13-26-18(14-27)23-17-12-22-20(24-21(17)26)15-8-4-2-5-9-15/h2-12,27H,13-14H2,1H3. The normalized spacial score (nSPS) is 10.9. The highest BCUT2D eigenvalue weighted by molar-refractivity contribution is 5.93. The van der Waals surface area contributed by atoms with Gasteiger partial charge in [0.15, 0.2) is 11.5 Å². The van der Waals surface area contributed by atoms with Crippen LogP contribution in [0, 0.1) is 0 Å². The maximum atomic E-state index is 12.8. The lowest BCUT2D eigenvalue weighted by molar-refractivity contribution is -0.118. The second kappa shape index (κ2) is 7.58. The maximum absolute atomic E-state index is 12.8. The average molecular weight is 373 g/mol. The van der Waals surface area contributed by atoms with Crippen molar-refractivity contribution in [3.63, 3.8) is 0 Å². The Morgan fingerprint density at radius 3 is 2.39 bits per heavy atom. The molecular weight excluding hydrogens is 354 g/mol. The molecule has 7 nitrogen and oxygen atoms in total. The Bertz CT molecular complexity index is 1110. The molecule has 0 saturated carbocycles. The van der Waals surface area contributed by atoms with E-state index in [0.29, 0.717) is 22.8 Å². The van der Waals surface area contributed by atoms with Crippen LogP contribution in [0.3, 0.4) is 0 Å². The summed E-state index contributed by atoms with van der Waals surface area (Å²) in [5.74, 6) is 0.784. The van der Waals surface area contributed by atoms with Gasteiger partial charge in [-0.25, -0.2) is 15.0 Å². The predicted molar refractivity (Wildman–Crippen MR) is 107 cm³/mol. The Morgan fingerprint density at radius 1 is 1.04 bits per heavy atom. The minimum atomic E-state index is -0.292. The number of rotatable bonds is 5. The number of carbonyl (C=O) groups excluding carboxylic acids is 1. The Balaban J connectivity index is 1.72. The van der Waals surface area contributed by atoms with Gasteiger partial charge in [-0.1, -0.05) is 48.5 Å². The molecule has 0 saturated heterocycles. The van der Waals surface area contributed by atoms with Gasteiger partial charge in [-0.15, -0.1) is 0 Å². The van der Waals surface area contributed by atoms with Crippen molar-refractivity contribution in [3.8, 4) is 11.4 Å². The summed E-state index contributed by atoms with van der Waals surface area (Å²) >= 11 is 0. The number of aliphatic hydroxyl groups is 1. The smallest absolute Gasteiger partial charge is 0.246 e. The fourth-order valence-electron chi connectivity index (χ4n) is 3.02. The van der Waals surface area contributed by atoms with Crippen LogP contribution in [0.2, 0.25) is 0 Å². The SMILES string of the molecule is CN(C(=O)Cn1c(CO)nc2cnc(-c3ccccc3)nc21)c1ccccc1. The molecule has 0 atom stereocenters. The first-order valence-electron chi connectivity index (χ1n) is 8.87. The number of amides is 1. The minimum Gasteiger partial charge on any atom is -0.388 e. The third-order valence-corrected chi connectivity index (χ3v) is 4.55. The number of likely N-dealkylation sites (N-methyl/N-ethyl adjacent to an activating group) is 1. The highest BCUT2D eigenvalue weighted by Crippen LogP contribution is 2.20. The molecular formula is C21H19N5O2. The second-order valence-electron chi connectivity index (χ2n) is 6.33. The van der Waals surface area contributed by atoms with E-state index in [2.05, 4.69) is 15.0 Å². The Hall–Kier alpha value is -3.58. The lowest BCUT2D eigenvalue weighted by atomic mass is 10.2. The number of hydrogen-bond acceptors (Lipinski definition) is 5. The number of nitrogens with zero attached hydrogens (tertiary/aromatic N) is 5. The molecule has 2 aromatic carbocycles. The van der Waals surface area contributed by atoms with Crippen molar-refractivity contribution < 1.29 is 9.90 Å². The summed E-state index contributed by atoms with van der Waals surface area (Å²) in [5.41, 5.74) is 2.73. The number of carbonyl (C=O) groups is 1. The van der Waals surface area contributed by atoms with Crippen molar-refractivity contribution in [2.75, 3.05) is 11.9 Å². The van der Waals surface area contributed by atoms with Crippen molar-refractivity contribution in [1.29, 1.82) is 0 Å². The van der Waals surface area contributed by atoms with E-state index in [0.717, 1.165) is 11.3 Å². The number of benzene rings is 2. The summed E-state index contributed by atoms with van der Waals surface area (Å²) in [6.45, 7) is -0.275. The average Bonchev–Trinajstić information content (AvgIpc) is 3.11. The van der Waals surface area contributed by atoms with E-state index in [4.69, 9.17) is 0 Å². The molecule has 28 heavy (non-hydrogen) atoms. The van der Waals surface area contributed by atoms with Crippen LogP contribution in [0.5, 0.6) is 0 Å². The van der Waals surface area contributed by atoms with E-state index < -0.39 is 0 Å². The number of para-hydroxylation sites is 1. The fourth-order valence-corrected chi connectivity index (χ4v) is 3.02. The summed E-state index contributed by atoms with van der Waals surface area (Å²) in [5, 5.41) is 9.72. The number of aromatic nitrogens is 4. The minimum absolute atomic E-state index is 0.0169. The van der Waals surface area contributed by atoms with Gasteiger partial charge >= 0.3 is 0 Å². The molecule has 2 heterocycles. The molecule has 140 valence electrons. The van der Waals surface area contributed by atoms with Gasteiger partial charge in [0.1, 0.15) is 24.5 Å². The Kier molecular flexibility index (Phi) is 4.82. The topological polar surface area (TPSA) is 84.1 Å². The van der Waals surface area contributed by atoms with E-state index >= 15 is 0 Å². The molecule has 4 rings (SSSR count). The fraction of sp³-hybridized carbons (Fsp3) is 0.143. The van der Waals surface area contributed by atoms with Crippen LogP contribution in [-0.4, -0.2) is 37.6 Å². The van der Waals surface area contributed by atoms with E-state index in [-0.39, 0.29) is 19.1 Å². The van der Waals surface area contributed by atoms with Crippen LogP contribution >= 0.6 is 0 Å². The van der Waals surface area contributed by atoms with Crippen LogP contribution in [0.25, 0.3) is 22.6 Å². The van der Waals surface area contributed by atoms with Gasteiger partial charge in [0.25, 0.3) is 0 Å². The third-order valence-electron chi connectivity index (χ3n) is 4.55. The zero-order valence-electron chi connectivity index (χ0n) is 15.4. The van der Waals surface area contributed by atoms with Gasteiger partial charge in [0.05, 0.1) is 6.20 Å². The van der Waals surface area contributed by atoms with Crippen molar-refractivity contribution in [2.24, 2.45) is 0 Å². The molecule has 0 fully saturated rings. The molecule has 0 bridgehead atoms. The van der Waals surface area contributed by atoms with Crippen molar-refractivity contribution in [2.45, 2.75) is 13.2 Å². The van der Waals surface area contributed by atoms with Gasteiger partial charge in [-0.3, -0.25) is 4.79 Å². The molecule has 4 aromatic rings. The molecule has 0 aliphatic heterocycles. The van der Waals surface area contributed by atoms with Crippen molar-refractivity contribution in [1.82, 2.24) is 19.5 Å². The van der Waals surface area contributed by atoms with Crippen LogP contribution < -0.4 is 4.90 Å². The number of fused-ring (bicyclic) bond motifs is 1. The van der Waals surface area contributed by atoms with Gasteiger partial charge in [0, 0.05) is 18.3 Å². The van der Waals surface area contributed by atoms with Gasteiger partial charge in [-0.05, 0) is 12.1 Å². The molecule has 0 aliphatic rings. The molecule has 0 aliphatic carbocycles. The third kappa shape index (κ3) is 3.35. The largest absolute Gasteiger partial charge is 0.388 e. The lowest BCUT2D eigenvalue weighted by Crippen LogP contribution is -2.30. The monoisotopic (exact) mass is 373 g/mol. The molecule has 0 unspecified atom stereocenters. The quantitative estimate of drug-likeness (QED) is 0.581. The zero-order valence-corrected chi connectivity index (χ0v) is 15.4. The summed E-state index contributed by atoms with van der Waals surface area (Å²) in [6, 6.07) is 19.0. The molecule has 7 heteroatoms. The highest BCUT2D eigenvalue weighted by Gasteiger charge is 2.18. The molecule has 0 radical (unpaired) electrons. The van der Waals surface area contributed by atoms with E-state index in [1.54, 1.807) is 22.7 Å². The Morgan fingerprint density at radius 2 is 1.71 bits per heavy atom. The van der Waals surface area contributed by atoms with E-state index in [1.165, 1.54) is 0 Å². The van der Waals surface area contributed by atoms with Crippen molar-refractivity contribution >= 4 is 22.8 Å².